The monoisotopic (exact) mass is 236 g/mol. The molecule has 1 aromatic rings. The van der Waals surface area contributed by atoms with Gasteiger partial charge in [-0.3, -0.25) is 0 Å². The van der Waals surface area contributed by atoms with E-state index in [1.807, 2.05) is 18.2 Å². The minimum atomic E-state index is -6.00. The van der Waals surface area contributed by atoms with Crippen LogP contribution in [0.1, 0.15) is 5.56 Å². The molecule has 0 atom stereocenters. The minimum Gasteiger partial charge on any atom is -0.418 e. The number of ether oxygens (including phenoxy) is 1. The Bertz CT molecular complexity index is 358. The van der Waals surface area contributed by atoms with Gasteiger partial charge in [0, 0.05) is 13.2 Å². The van der Waals surface area contributed by atoms with Gasteiger partial charge in [0.1, 0.15) is 0 Å². The third-order valence-corrected chi connectivity index (χ3v) is 1.40. The fourth-order valence-corrected chi connectivity index (χ4v) is 0.886. The summed E-state index contributed by atoms with van der Waals surface area (Å²) in [7, 11) is -4.39. The summed E-state index contributed by atoms with van der Waals surface area (Å²) in [5.74, 6) is 0. The van der Waals surface area contributed by atoms with Gasteiger partial charge in [-0.25, -0.2) is 0 Å². The van der Waals surface area contributed by atoms with Crippen LogP contribution in [0.25, 0.3) is 4.98 Å². The van der Waals surface area contributed by atoms with Crippen LogP contribution in [0, 0.1) is 5.39 Å². The summed E-state index contributed by atoms with van der Waals surface area (Å²) < 4.78 is 43.9. The van der Waals surface area contributed by atoms with Crippen molar-refractivity contribution >= 4 is 12.9 Å². The molecule has 16 heavy (non-hydrogen) atoms. The molecule has 0 saturated carbocycles. The molecule has 0 fully saturated rings. The molecule has 0 spiro atoms. The Kier molecular flexibility index (Phi) is 6.11. The normalized spacial score (nSPS) is 10.0. The fourth-order valence-electron chi connectivity index (χ4n) is 0.886. The van der Waals surface area contributed by atoms with Gasteiger partial charge in [0.05, 0.1) is 12.2 Å². The molecule has 0 amide bonds. The van der Waals surface area contributed by atoms with Crippen molar-refractivity contribution in [2.24, 2.45) is 0 Å². The lowest BCUT2D eigenvalue weighted by atomic mass is 10.2. The van der Waals surface area contributed by atoms with E-state index >= 15 is 0 Å². The van der Waals surface area contributed by atoms with Gasteiger partial charge >= 0.3 is 12.9 Å². The minimum absolute atomic E-state index is 0.472. The second-order valence-electron chi connectivity index (χ2n) is 2.66. The van der Waals surface area contributed by atoms with Crippen LogP contribution in [0.4, 0.5) is 23.0 Å². The SMILES string of the molecule is COCc1ccccc1[N+]#N.F[B-](F)(F)F. The van der Waals surface area contributed by atoms with Gasteiger partial charge in [0.15, 0.2) is 4.98 Å². The third kappa shape index (κ3) is 7.76. The first-order valence-electron chi connectivity index (χ1n) is 4.17. The Labute approximate surface area is 89.8 Å². The highest BCUT2D eigenvalue weighted by Gasteiger charge is 2.20. The zero-order chi connectivity index (χ0) is 12.6. The molecule has 0 aromatic heterocycles. The predicted molar refractivity (Wildman–Crippen MR) is 52.1 cm³/mol. The van der Waals surface area contributed by atoms with E-state index in [0.29, 0.717) is 12.3 Å². The van der Waals surface area contributed by atoms with E-state index in [-0.39, 0.29) is 0 Å². The van der Waals surface area contributed by atoms with Crippen LogP contribution in [0.3, 0.4) is 0 Å². The van der Waals surface area contributed by atoms with E-state index in [4.69, 9.17) is 10.1 Å². The van der Waals surface area contributed by atoms with Crippen molar-refractivity contribution in [1.29, 1.82) is 5.39 Å². The Hall–Kier alpha value is -1.62. The van der Waals surface area contributed by atoms with Gasteiger partial charge < -0.3 is 22.0 Å². The molecule has 0 unspecified atom stereocenters. The number of rotatable bonds is 2. The molecule has 0 aliphatic rings. The van der Waals surface area contributed by atoms with Crippen molar-refractivity contribution in [3.63, 3.8) is 0 Å². The first-order valence-corrected chi connectivity index (χ1v) is 4.17. The lowest BCUT2D eigenvalue weighted by Crippen LogP contribution is -2.02. The highest BCUT2D eigenvalue weighted by Crippen LogP contribution is 2.18. The number of hydrogen-bond acceptors (Lipinski definition) is 2. The van der Waals surface area contributed by atoms with Gasteiger partial charge in [-0.15, -0.1) is 0 Å². The highest BCUT2D eigenvalue weighted by molar-refractivity contribution is 6.50. The van der Waals surface area contributed by atoms with Gasteiger partial charge in [0.2, 0.25) is 5.39 Å². The second kappa shape index (κ2) is 6.79. The molecular formula is C8H9BF4N2O. The van der Waals surface area contributed by atoms with E-state index in [9.17, 15) is 17.3 Å². The average Bonchev–Trinajstić information content (AvgIpc) is 2.16. The summed E-state index contributed by atoms with van der Waals surface area (Å²) in [5, 5.41) is 8.51. The largest absolute Gasteiger partial charge is 0.673 e. The Balaban J connectivity index is 0.000000385. The van der Waals surface area contributed by atoms with Crippen molar-refractivity contribution in [2.45, 2.75) is 6.61 Å². The number of diazo groups is 1. The van der Waals surface area contributed by atoms with Gasteiger partial charge in [-0.05, 0) is 6.07 Å². The molecule has 0 aliphatic carbocycles. The lowest BCUT2D eigenvalue weighted by Gasteiger charge is -1.94. The summed E-state index contributed by atoms with van der Waals surface area (Å²) in [5.41, 5.74) is 1.45. The smallest absolute Gasteiger partial charge is 0.418 e. The number of nitrogens with zero attached hydrogens (tertiary/aromatic N) is 2. The number of benzene rings is 1. The number of methoxy groups -OCH3 is 1. The molecule has 8 heteroatoms. The molecule has 0 aliphatic heterocycles. The van der Waals surface area contributed by atoms with Crippen LogP contribution in [0.2, 0.25) is 0 Å². The maximum absolute atomic E-state index is 9.75. The van der Waals surface area contributed by atoms with Crippen LogP contribution in [-0.4, -0.2) is 14.4 Å². The van der Waals surface area contributed by atoms with Crippen LogP contribution >= 0.6 is 0 Å². The Morgan fingerprint density at radius 3 is 2.19 bits per heavy atom. The van der Waals surface area contributed by atoms with Crippen molar-refractivity contribution in [3.05, 3.63) is 34.8 Å². The molecule has 0 N–H and O–H groups in total. The van der Waals surface area contributed by atoms with Gasteiger partial charge in [0.25, 0.3) is 0 Å². The van der Waals surface area contributed by atoms with E-state index in [2.05, 4.69) is 4.98 Å². The highest BCUT2D eigenvalue weighted by atomic mass is 19.5. The van der Waals surface area contributed by atoms with Crippen molar-refractivity contribution < 1.29 is 22.0 Å². The van der Waals surface area contributed by atoms with Crippen LogP contribution in [0.5, 0.6) is 0 Å². The van der Waals surface area contributed by atoms with E-state index in [1.165, 1.54) is 0 Å². The molecule has 3 nitrogen and oxygen atoms in total. The summed E-state index contributed by atoms with van der Waals surface area (Å²) in [6.45, 7) is 0.472. The van der Waals surface area contributed by atoms with Crippen molar-refractivity contribution in [1.82, 2.24) is 0 Å². The molecule has 0 saturated heterocycles. The lowest BCUT2D eigenvalue weighted by molar-refractivity contribution is 0.185. The standard InChI is InChI=1S/C8H9N2O.BF4/c1-11-6-7-4-2-3-5-8(7)10-9;2-1(3,4)5/h2-5H,6H2,1H3;/q+1;-1. The molecule has 0 heterocycles. The maximum atomic E-state index is 9.75. The Morgan fingerprint density at radius 2 is 1.75 bits per heavy atom. The van der Waals surface area contributed by atoms with E-state index < -0.39 is 7.25 Å². The summed E-state index contributed by atoms with van der Waals surface area (Å²) >= 11 is 0. The zero-order valence-corrected chi connectivity index (χ0v) is 8.41. The van der Waals surface area contributed by atoms with Crippen LogP contribution in [0.15, 0.2) is 24.3 Å². The quantitative estimate of drug-likeness (QED) is 0.446. The summed E-state index contributed by atoms with van der Waals surface area (Å²) in [4.78, 5) is 3.11. The molecule has 1 rings (SSSR count). The average molecular weight is 236 g/mol. The van der Waals surface area contributed by atoms with Crippen LogP contribution < -0.4 is 0 Å². The molecular weight excluding hydrogens is 227 g/mol. The molecule has 0 bridgehead atoms. The van der Waals surface area contributed by atoms with Gasteiger partial charge in [-0.1, -0.05) is 12.1 Å². The Morgan fingerprint density at radius 1 is 1.25 bits per heavy atom. The molecule has 88 valence electrons. The van der Waals surface area contributed by atoms with Crippen molar-refractivity contribution in [3.8, 4) is 0 Å². The summed E-state index contributed by atoms with van der Waals surface area (Å²) in [6, 6.07) is 7.28. The second-order valence-corrected chi connectivity index (χ2v) is 2.66. The molecule has 1 aromatic carbocycles. The summed E-state index contributed by atoms with van der Waals surface area (Å²) in [6.07, 6.45) is 0. The van der Waals surface area contributed by atoms with E-state index in [0.717, 1.165) is 5.56 Å². The maximum Gasteiger partial charge on any atom is 0.673 e. The first-order chi connectivity index (χ1) is 7.38. The van der Waals surface area contributed by atoms with Gasteiger partial charge in [-0.2, -0.15) is 0 Å². The number of hydrogen-bond donors (Lipinski definition) is 0. The predicted octanol–water partition coefficient (Wildman–Crippen LogP) is 3.62. The van der Waals surface area contributed by atoms with E-state index in [1.54, 1.807) is 13.2 Å². The molecule has 0 radical (unpaired) electrons. The third-order valence-electron chi connectivity index (χ3n) is 1.40. The zero-order valence-electron chi connectivity index (χ0n) is 8.41. The fraction of sp³-hybridized carbons (Fsp3) is 0.250. The topological polar surface area (TPSA) is 37.4 Å². The number of halogens is 4. The van der Waals surface area contributed by atoms with Crippen LogP contribution in [-0.2, 0) is 11.3 Å². The van der Waals surface area contributed by atoms with Crippen molar-refractivity contribution in [2.75, 3.05) is 7.11 Å². The first kappa shape index (κ1) is 14.4.